The molecule has 1 fully saturated rings. The molecule has 0 amide bonds. The highest BCUT2D eigenvalue weighted by molar-refractivity contribution is 6.42. The molecule has 2 atom stereocenters. The monoisotopic (exact) mass is 281 g/mol. The number of hydrogen-bond donors (Lipinski definition) is 1. The Morgan fingerprint density at radius 3 is 2.78 bits per heavy atom. The van der Waals surface area contributed by atoms with Crippen LogP contribution in [0.2, 0.25) is 10.0 Å². The Hall–Kier alpha value is -0.830. The third-order valence-electron chi connectivity index (χ3n) is 3.81. The second kappa shape index (κ2) is 4.69. The number of fused-ring (bicyclic) bond motifs is 2. The fraction of sp³-hybridized carbons (Fsp3) is 0.357. The first-order valence-corrected chi connectivity index (χ1v) is 6.84. The Labute approximate surface area is 116 Å². The molecule has 1 aromatic carbocycles. The van der Waals surface area contributed by atoms with Crippen LogP contribution in [0.3, 0.4) is 0 Å². The molecule has 94 valence electrons. The lowest BCUT2D eigenvalue weighted by atomic mass is 9.90. The molecule has 2 aliphatic rings. The van der Waals surface area contributed by atoms with E-state index in [1.807, 2.05) is 12.1 Å². The highest BCUT2D eigenvalue weighted by Crippen LogP contribution is 2.37. The summed E-state index contributed by atoms with van der Waals surface area (Å²) in [5, 5.41) is 4.56. The van der Waals surface area contributed by atoms with Crippen LogP contribution in [0.4, 0.5) is 0 Å². The van der Waals surface area contributed by atoms with Crippen LogP contribution < -0.4 is 5.32 Å². The lowest BCUT2D eigenvalue weighted by molar-refractivity contribution is -0.105. The molecule has 1 unspecified atom stereocenters. The Bertz CT molecular complexity index is 539. The molecule has 4 heteroatoms. The van der Waals surface area contributed by atoms with Crippen molar-refractivity contribution in [3.05, 3.63) is 39.4 Å². The molecule has 0 spiro atoms. The molecular weight excluding hydrogens is 269 g/mol. The van der Waals surface area contributed by atoms with Gasteiger partial charge in [0.15, 0.2) is 0 Å². The minimum absolute atomic E-state index is 0.214. The van der Waals surface area contributed by atoms with Crippen LogP contribution in [0, 0.1) is 0 Å². The normalized spacial score (nSPS) is 26.6. The van der Waals surface area contributed by atoms with Crippen molar-refractivity contribution >= 4 is 35.1 Å². The molecule has 2 heterocycles. The number of carbonyl (C=O) groups is 1. The van der Waals surface area contributed by atoms with Gasteiger partial charge in [-0.15, -0.1) is 0 Å². The van der Waals surface area contributed by atoms with Gasteiger partial charge in [0.25, 0.3) is 0 Å². The average molecular weight is 282 g/mol. The van der Waals surface area contributed by atoms with Gasteiger partial charge in [-0.2, -0.15) is 0 Å². The maximum atomic E-state index is 11.3. The smallest absolute Gasteiger partial charge is 0.147 e. The van der Waals surface area contributed by atoms with E-state index in [4.69, 9.17) is 23.2 Å². The highest BCUT2D eigenvalue weighted by Gasteiger charge is 2.34. The predicted octanol–water partition coefficient (Wildman–Crippen LogP) is 3.47. The van der Waals surface area contributed by atoms with E-state index in [1.165, 1.54) is 0 Å². The average Bonchev–Trinajstić information content (AvgIpc) is 2.75. The van der Waals surface area contributed by atoms with Crippen molar-refractivity contribution in [1.82, 2.24) is 5.32 Å². The summed E-state index contributed by atoms with van der Waals surface area (Å²) < 4.78 is 0. The zero-order chi connectivity index (χ0) is 12.7. The van der Waals surface area contributed by atoms with E-state index in [0.29, 0.717) is 16.1 Å². The third kappa shape index (κ3) is 1.99. The first-order valence-electron chi connectivity index (χ1n) is 6.08. The first kappa shape index (κ1) is 12.2. The molecule has 2 bridgehead atoms. The SMILES string of the molecule is O=CC1=C(c2ccc(Cl)c(Cl)c2)CC2CC[C@H]1N2. The Kier molecular flexibility index (Phi) is 3.18. The Morgan fingerprint density at radius 2 is 2.06 bits per heavy atom. The van der Waals surface area contributed by atoms with E-state index >= 15 is 0 Å². The van der Waals surface area contributed by atoms with E-state index in [9.17, 15) is 4.79 Å². The van der Waals surface area contributed by atoms with Crippen LogP contribution in [0.15, 0.2) is 23.8 Å². The van der Waals surface area contributed by atoms with Crippen molar-refractivity contribution in [1.29, 1.82) is 0 Å². The molecule has 0 radical (unpaired) electrons. The van der Waals surface area contributed by atoms with Crippen LogP contribution in [-0.2, 0) is 4.79 Å². The van der Waals surface area contributed by atoms with Crippen molar-refractivity contribution in [3.63, 3.8) is 0 Å². The van der Waals surface area contributed by atoms with Crippen LogP contribution in [0.25, 0.3) is 5.57 Å². The van der Waals surface area contributed by atoms with Gasteiger partial charge in [-0.05, 0) is 42.5 Å². The fourth-order valence-corrected chi connectivity index (χ4v) is 3.22. The summed E-state index contributed by atoms with van der Waals surface area (Å²) in [6.07, 6.45) is 4.05. The van der Waals surface area contributed by atoms with Crippen molar-refractivity contribution in [2.24, 2.45) is 0 Å². The fourth-order valence-electron chi connectivity index (χ4n) is 2.92. The number of halogens is 2. The summed E-state index contributed by atoms with van der Waals surface area (Å²) >= 11 is 12.0. The highest BCUT2D eigenvalue weighted by atomic mass is 35.5. The van der Waals surface area contributed by atoms with Gasteiger partial charge in [0.1, 0.15) is 6.29 Å². The molecule has 0 aliphatic carbocycles. The van der Waals surface area contributed by atoms with Gasteiger partial charge < -0.3 is 5.32 Å². The molecule has 0 saturated carbocycles. The topological polar surface area (TPSA) is 29.1 Å². The standard InChI is InChI=1S/C14H13Cl2NO/c15-12-3-1-8(5-13(12)16)10-6-9-2-4-14(17-9)11(10)7-18/h1,3,5,7,9,14,17H,2,4,6H2/t9?,14-/m1/s1. The lowest BCUT2D eigenvalue weighted by Crippen LogP contribution is -2.36. The lowest BCUT2D eigenvalue weighted by Gasteiger charge is -2.25. The van der Waals surface area contributed by atoms with Gasteiger partial charge in [0.2, 0.25) is 0 Å². The number of hydrogen-bond acceptors (Lipinski definition) is 2. The van der Waals surface area contributed by atoms with Gasteiger partial charge in [-0.1, -0.05) is 29.3 Å². The van der Waals surface area contributed by atoms with Crippen molar-refractivity contribution < 1.29 is 4.79 Å². The molecule has 18 heavy (non-hydrogen) atoms. The van der Waals surface area contributed by atoms with E-state index in [0.717, 1.165) is 42.3 Å². The van der Waals surface area contributed by atoms with E-state index in [1.54, 1.807) is 6.07 Å². The maximum absolute atomic E-state index is 11.3. The van der Waals surface area contributed by atoms with Crippen LogP contribution in [0.1, 0.15) is 24.8 Å². The Morgan fingerprint density at radius 1 is 1.22 bits per heavy atom. The number of aldehydes is 1. The third-order valence-corrected chi connectivity index (χ3v) is 4.55. The number of benzene rings is 1. The maximum Gasteiger partial charge on any atom is 0.147 e. The number of rotatable bonds is 2. The predicted molar refractivity (Wildman–Crippen MR) is 74.0 cm³/mol. The molecular formula is C14H13Cl2NO. The zero-order valence-corrected chi connectivity index (χ0v) is 11.3. The van der Waals surface area contributed by atoms with Gasteiger partial charge in [0, 0.05) is 17.7 Å². The van der Waals surface area contributed by atoms with E-state index in [-0.39, 0.29) is 6.04 Å². The summed E-state index contributed by atoms with van der Waals surface area (Å²) in [6.45, 7) is 0. The molecule has 2 aliphatic heterocycles. The molecule has 1 N–H and O–H groups in total. The van der Waals surface area contributed by atoms with Crippen LogP contribution in [-0.4, -0.2) is 18.4 Å². The quantitative estimate of drug-likeness (QED) is 0.841. The molecule has 2 nitrogen and oxygen atoms in total. The molecule has 0 aromatic heterocycles. The summed E-state index contributed by atoms with van der Waals surface area (Å²) in [5.41, 5.74) is 3.02. The van der Waals surface area contributed by atoms with Crippen molar-refractivity contribution in [3.8, 4) is 0 Å². The second-order valence-electron chi connectivity index (χ2n) is 4.88. The van der Waals surface area contributed by atoms with Crippen LogP contribution >= 0.6 is 23.2 Å². The summed E-state index contributed by atoms with van der Waals surface area (Å²) in [4.78, 5) is 11.3. The minimum Gasteiger partial charge on any atom is -0.307 e. The second-order valence-corrected chi connectivity index (χ2v) is 5.69. The van der Waals surface area contributed by atoms with Gasteiger partial charge >= 0.3 is 0 Å². The number of carbonyl (C=O) groups excluding carboxylic acids is 1. The van der Waals surface area contributed by atoms with Crippen LogP contribution in [0.5, 0.6) is 0 Å². The largest absolute Gasteiger partial charge is 0.307 e. The summed E-state index contributed by atoms with van der Waals surface area (Å²) in [5.74, 6) is 0. The van der Waals surface area contributed by atoms with E-state index < -0.39 is 0 Å². The van der Waals surface area contributed by atoms with E-state index in [2.05, 4.69) is 5.32 Å². The summed E-state index contributed by atoms with van der Waals surface area (Å²) in [6, 6.07) is 6.29. The molecule has 1 aromatic rings. The summed E-state index contributed by atoms with van der Waals surface area (Å²) in [7, 11) is 0. The number of nitrogens with one attached hydrogen (secondary N) is 1. The Balaban J connectivity index is 2.08. The zero-order valence-electron chi connectivity index (χ0n) is 9.75. The molecule has 1 saturated heterocycles. The molecule has 3 rings (SSSR count). The minimum atomic E-state index is 0.214. The van der Waals surface area contributed by atoms with Gasteiger partial charge in [-0.3, -0.25) is 4.79 Å². The van der Waals surface area contributed by atoms with Crippen molar-refractivity contribution in [2.45, 2.75) is 31.3 Å². The first-order chi connectivity index (χ1) is 8.69. The van der Waals surface area contributed by atoms with Crippen molar-refractivity contribution in [2.75, 3.05) is 0 Å². The van der Waals surface area contributed by atoms with Gasteiger partial charge in [-0.25, -0.2) is 0 Å². The van der Waals surface area contributed by atoms with Gasteiger partial charge in [0.05, 0.1) is 10.0 Å².